The van der Waals surface area contributed by atoms with E-state index in [0.717, 1.165) is 32.1 Å². The summed E-state index contributed by atoms with van der Waals surface area (Å²) in [6.07, 6.45) is 7.25. The predicted octanol–water partition coefficient (Wildman–Crippen LogP) is 7.59. The molecule has 3 aromatic rings. The molecule has 198 valence electrons. The van der Waals surface area contributed by atoms with Crippen LogP contribution in [0.15, 0.2) is 42.7 Å². The number of carbonyl (C=O) groups is 1. The summed E-state index contributed by atoms with van der Waals surface area (Å²) in [4.78, 5) is 16.3. The van der Waals surface area contributed by atoms with Gasteiger partial charge < -0.3 is 4.74 Å². The van der Waals surface area contributed by atoms with Crippen molar-refractivity contribution in [3.8, 4) is 22.5 Å². The van der Waals surface area contributed by atoms with Gasteiger partial charge in [-0.1, -0.05) is 32.0 Å². The number of halogens is 2. The molecule has 0 spiro atoms. The lowest BCUT2D eigenvalue weighted by Crippen LogP contribution is -2.24. The number of rotatable bonds is 7. The van der Waals surface area contributed by atoms with Crippen LogP contribution in [-0.4, -0.2) is 20.7 Å². The summed E-state index contributed by atoms with van der Waals surface area (Å²) < 4.78 is 37.0. The van der Waals surface area contributed by atoms with Gasteiger partial charge in [0, 0.05) is 16.7 Å². The summed E-state index contributed by atoms with van der Waals surface area (Å²) in [7, 11) is 0. The molecule has 37 heavy (non-hydrogen) atoms. The first-order valence-electron chi connectivity index (χ1n) is 13.1. The second-order valence-corrected chi connectivity index (χ2v) is 12.0. The number of aromatic nitrogens is 3. The van der Waals surface area contributed by atoms with Crippen LogP contribution in [0.2, 0.25) is 0 Å². The molecule has 0 bridgehead atoms. The first-order valence-corrected chi connectivity index (χ1v) is 13.1. The van der Waals surface area contributed by atoms with Gasteiger partial charge in [0.2, 0.25) is 0 Å². The minimum absolute atomic E-state index is 0.0444. The standard InChI is InChI=1S/C30H37F2N3O2/c1-29(2,3)28(36)37-19-35-18-33-27(34-35)22-8-6-7-21(17-22)23-11-12-25(31)24(26(23)32)10-9-20-13-15-30(4,5)16-14-20/h6-8,11-12,17-18,20H,9-10,13-16,19H2,1-5H3. The maximum absolute atomic E-state index is 15.6. The summed E-state index contributed by atoms with van der Waals surface area (Å²) in [5.74, 6) is -0.375. The van der Waals surface area contributed by atoms with Crippen molar-refractivity contribution in [2.75, 3.05) is 0 Å². The second-order valence-electron chi connectivity index (χ2n) is 12.0. The molecule has 0 atom stereocenters. The van der Waals surface area contributed by atoms with Crippen LogP contribution in [0.3, 0.4) is 0 Å². The van der Waals surface area contributed by atoms with Crippen LogP contribution in [0.1, 0.15) is 72.3 Å². The van der Waals surface area contributed by atoms with Gasteiger partial charge in [-0.15, -0.1) is 5.10 Å². The summed E-state index contributed by atoms with van der Waals surface area (Å²) in [6.45, 7) is 9.89. The maximum atomic E-state index is 15.6. The van der Waals surface area contributed by atoms with Gasteiger partial charge in [0.25, 0.3) is 0 Å². The van der Waals surface area contributed by atoms with Crippen LogP contribution >= 0.6 is 0 Å². The molecule has 1 aliphatic carbocycles. The van der Waals surface area contributed by atoms with Crippen molar-refractivity contribution >= 4 is 5.97 Å². The third-order valence-corrected chi connectivity index (χ3v) is 7.36. The predicted molar refractivity (Wildman–Crippen MR) is 140 cm³/mol. The fourth-order valence-corrected chi connectivity index (χ4v) is 4.80. The van der Waals surface area contributed by atoms with E-state index in [2.05, 4.69) is 23.9 Å². The Morgan fingerprint density at radius 2 is 1.81 bits per heavy atom. The quantitative estimate of drug-likeness (QED) is 0.308. The Kier molecular flexibility index (Phi) is 7.81. The van der Waals surface area contributed by atoms with E-state index in [9.17, 15) is 9.18 Å². The highest BCUT2D eigenvalue weighted by Crippen LogP contribution is 2.40. The molecule has 7 heteroatoms. The average molecular weight is 510 g/mol. The highest BCUT2D eigenvalue weighted by molar-refractivity contribution is 5.75. The molecule has 0 N–H and O–H groups in total. The number of hydrogen-bond donors (Lipinski definition) is 0. The van der Waals surface area contributed by atoms with E-state index in [1.165, 1.54) is 23.1 Å². The van der Waals surface area contributed by atoms with E-state index in [1.54, 1.807) is 39.0 Å². The van der Waals surface area contributed by atoms with Crippen molar-refractivity contribution in [1.82, 2.24) is 14.8 Å². The largest absolute Gasteiger partial charge is 0.442 e. The van der Waals surface area contributed by atoms with Crippen molar-refractivity contribution < 1.29 is 18.3 Å². The van der Waals surface area contributed by atoms with Gasteiger partial charge in [-0.3, -0.25) is 4.79 Å². The molecule has 0 aliphatic heterocycles. The minimum atomic E-state index is -0.608. The maximum Gasteiger partial charge on any atom is 0.313 e. The third kappa shape index (κ3) is 6.62. The van der Waals surface area contributed by atoms with E-state index in [1.807, 2.05) is 6.07 Å². The SMILES string of the molecule is CC1(C)CCC(CCc2c(F)ccc(-c3cccc(-c4ncn(COC(=O)C(C)(C)C)n4)c3)c2F)CC1. The molecule has 1 heterocycles. The van der Waals surface area contributed by atoms with Crippen molar-refractivity contribution in [2.45, 2.75) is 79.9 Å². The summed E-state index contributed by atoms with van der Waals surface area (Å²) >= 11 is 0. The molecular formula is C30H37F2N3O2. The first kappa shape index (κ1) is 27.0. The van der Waals surface area contributed by atoms with E-state index < -0.39 is 17.0 Å². The van der Waals surface area contributed by atoms with Gasteiger partial charge in [-0.2, -0.15) is 0 Å². The van der Waals surface area contributed by atoms with Crippen molar-refractivity contribution in [3.05, 3.63) is 59.9 Å². The van der Waals surface area contributed by atoms with E-state index in [0.29, 0.717) is 40.3 Å². The van der Waals surface area contributed by atoms with Gasteiger partial charge in [0.15, 0.2) is 12.6 Å². The molecule has 2 aromatic carbocycles. The Balaban J connectivity index is 1.49. The Morgan fingerprint density at radius 3 is 2.51 bits per heavy atom. The van der Waals surface area contributed by atoms with E-state index >= 15 is 4.39 Å². The fraction of sp³-hybridized carbons (Fsp3) is 0.500. The van der Waals surface area contributed by atoms with Crippen LogP contribution in [0.4, 0.5) is 8.78 Å². The number of hydrogen-bond acceptors (Lipinski definition) is 4. The van der Waals surface area contributed by atoms with Crippen LogP contribution in [0.5, 0.6) is 0 Å². The Morgan fingerprint density at radius 1 is 1.11 bits per heavy atom. The number of esters is 1. The van der Waals surface area contributed by atoms with E-state index in [-0.39, 0.29) is 18.3 Å². The summed E-state index contributed by atoms with van der Waals surface area (Å²) in [5.41, 5.74) is 1.61. The number of nitrogens with zero attached hydrogens (tertiary/aromatic N) is 3. The normalized spacial score (nSPS) is 16.1. The highest BCUT2D eigenvalue weighted by Gasteiger charge is 2.27. The highest BCUT2D eigenvalue weighted by atomic mass is 19.1. The molecule has 0 saturated heterocycles. The van der Waals surface area contributed by atoms with Crippen molar-refractivity contribution in [1.29, 1.82) is 0 Å². The molecule has 0 amide bonds. The monoisotopic (exact) mass is 509 g/mol. The molecule has 0 unspecified atom stereocenters. The first-order chi connectivity index (χ1) is 17.4. The molecule has 0 radical (unpaired) electrons. The summed E-state index contributed by atoms with van der Waals surface area (Å²) in [5, 5.41) is 4.39. The number of benzene rings is 2. The topological polar surface area (TPSA) is 57.0 Å². The third-order valence-electron chi connectivity index (χ3n) is 7.36. The Labute approximate surface area is 218 Å². The molecule has 5 nitrogen and oxygen atoms in total. The van der Waals surface area contributed by atoms with Crippen LogP contribution < -0.4 is 0 Å². The second kappa shape index (κ2) is 10.7. The molecule has 1 aromatic heterocycles. The van der Waals surface area contributed by atoms with Gasteiger partial charge in [-0.05, 0) is 94.4 Å². The lowest BCUT2D eigenvalue weighted by Gasteiger charge is -2.34. The number of ether oxygens (including phenoxy) is 1. The molecule has 1 fully saturated rings. The van der Waals surface area contributed by atoms with Gasteiger partial charge in [-0.25, -0.2) is 18.4 Å². The van der Waals surface area contributed by atoms with Crippen molar-refractivity contribution in [3.63, 3.8) is 0 Å². The minimum Gasteiger partial charge on any atom is -0.442 e. The fourth-order valence-electron chi connectivity index (χ4n) is 4.80. The smallest absolute Gasteiger partial charge is 0.313 e. The van der Waals surface area contributed by atoms with Gasteiger partial charge in [0.05, 0.1) is 5.41 Å². The Bertz CT molecular complexity index is 1250. The summed E-state index contributed by atoms with van der Waals surface area (Å²) in [6, 6.07) is 10.1. The van der Waals surface area contributed by atoms with Gasteiger partial charge in [0.1, 0.15) is 18.0 Å². The Hall–Kier alpha value is -3.09. The van der Waals surface area contributed by atoms with Crippen molar-refractivity contribution in [2.24, 2.45) is 16.7 Å². The van der Waals surface area contributed by atoms with Gasteiger partial charge >= 0.3 is 5.97 Å². The molecular weight excluding hydrogens is 472 g/mol. The van der Waals surface area contributed by atoms with Crippen LogP contribution in [-0.2, 0) is 22.7 Å². The van der Waals surface area contributed by atoms with Crippen LogP contribution in [0.25, 0.3) is 22.5 Å². The zero-order valence-corrected chi connectivity index (χ0v) is 22.5. The lowest BCUT2D eigenvalue weighted by atomic mass is 9.72. The lowest BCUT2D eigenvalue weighted by molar-refractivity contribution is -0.157. The molecule has 4 rings (SSSR count). The zero-order valence-electron chi connectivity index (χ0n) is 22.5. The molecule has 1 saturated carbocycles. The zero-order chi connectivity index (χ0) is 26.8. The van der Waals surface area contributed by atoms with Crippen LogP contribution in [0, 0.1) is 28.4 Å². The van der Waals surface area contributed by atoms with E-state index in [4.69, 9.17) is 4.74 Å². The number of carbonyl (C=O) groups excluding carboxylic acids is 1. The average Bonchev–Trinajstić information content (AvgIpc) is 3.32. The molecule has 1 aliphatic rings.